The zero-order valence-electron chi connectivity index (χ0n) is 11.1. The monoisotopic (exact) mass is 328 g/mol. The molecule has 0 aromatic heterocycles. The van der Waals surface area contributed by atoms with E-state index >= 15 is 0 Å². The first-order valence-electron chi connectivity index (χ1n) is 6.19. The van der Waals surface area contributed by atoms with Gasteiger partial charge in [0.1, 0.15) is 0 Å². The second-order valence-corrected chi connectivity index (χ2v) is 4.74. The van der Waals surface area contributed by atoms with Gasteiger partial charge in [-0.2, -0.15) is 0 Å². The highest BCUT2D eigenvalue weighted by Crippen LogP contribution is 2.19. The summed E-state index contributed by atoms with van der Waals surface area (Å²) in [5.74, 6) is -0.636. The van der Waals surface area contributed by atoms with Crippen molar-refractivity contribution in [3.8, 4) is 0 Å². The van der Waals surface area contributed by atoms with E-state index in [1.165, 1.54) is 0 Å². The topological polar surface area (TPSA) is 52.6 Å². The van der Waals surface area contributed by atoms with Gasteiger partial charge in [-0.1, -0.05) is 22.0 Å². The van der Waals surface area contributed by atoms with Crippen LogP contribution in [-0.4, -0.2) is 25.2 Å². The summed E-state index contributed by atoms with van der Waals surface area (Å²) in [6.07, 6.45) is 0.710. The van der Waals surface area contributed by atoms with E-state index in [1.807, 2.05) is 12.1 Å². The fourth-order valence-corrected chi connectivity index (χ4v) is 2.00. The Balaban J connectivity index is 2.82. The average Bonchev–Trinajstić information content (AvgIpc) is 2.38. The summed E-state index contributed by atoms with van der Waals surface area (Å²) in [5, 5.41) is 0. The van der Waals surface area contributed by atoms with Crippen molar-refractivity contribution in [2.75, 3.05) is 13.2 Å². The molecule has 0 amide bonds. The number of halogens is 1. The Hall–Kier alpha value is -1.36. The number of carbonyl (C=O) groups excluding carboxylic acids is 2. The fraction of sp³-hybridized carbons (Fsp3) is 0.429. The summed E-state index contributed by atoms with van der Waals surface area (Å²) in [6.45, 7) is 4.21. The van der Waals surface area contributed by atoms with Crippen molar-refractivity contribution in [2.45, 2.75) is 26.7 Å². The van der Waals surface area contributed by atoms with Gasteiger partial charge >= 0.3 is 11.9 Å². The Bertz CT molecular complexity index is 457. The summed E-state index contributed by atoms with van der Waals surface area (Å²) in [4.78, 5) is 23.2. The first-order chi connectivity index (χ1) is 9.08. The number of carbonyl (C=O) groups is 2. The largest absolute Gasteiger partial charge is 0.466 e. The number of benzene rings is 1. The Morgan fingerprint density at radius 3 is 2.47 bits per heavy atom. The number of rotatable bonds is 6. The molecule has 0 saturated heterocycles. The minimum atomic E-state index is -0.373. The zero-order chi connectivity index (χ0) is 14.3. The van der Waals surface area contributed by atoms with Crippen LogP contribution in [0.5, 0.6) is 0 Å². The van der Waals surface area contributed by atoms with Crippen LogP contribution >= 0.6 is 15.9 Å². The lowest BCUT2D eigenvalue weighted by Gasteiger charge is -2.09. The van der Waals surface area contributed by atoms with Gasteiger partial charge in [0.2, 0.25) is 0 Å². The lowest BCUT2D eigenvalue weighted by Crippen LogP contribution is -2.10. The van der Waals surface area contributed by atoms with E-state index in [-0.39, 0.29) is 18.4 Å². The molecule has 104 valence electrons. The summed E-state index contributed by atoms with van der Waals surface area (Å²) >= 11 is 3.32. The minimum Gasteiger partial charge on any atom is -0.466 e. The lowest BCUT2D eigenvalue weighted by molar-refractivity contribution is -0.143. The van der Waals surface area contributed by atoms with Gasteiger partial charge in [0, 0.05) is 10.9 Å². The Morgan fingerprint density at radius 2 is 1.84 bits per heavy atom. The highest BCUT2D eigenvalue weighted by atomic mass is 79.9. The van der Waals surface area contributed by atoms with E-state index in [0.717, 1.165) is 10.0 Å². The fourth-order valence-electron chi connectivity index (χ4n) is 1.64. The van der Waals surface area contributed by atoms with Crippen LogP contribution in [-0.2, 0) is 20.7 Å². The van der Waals surface area contributed by atoms with Crippen molar-refractivity contribution in [3.63, 3.8) is 0 Å². The molecule has 0 saturated carbocycles. The van der Waals surface area contributed by atoms with Gasteiger partial charge in [0.25, 0.3) is 0 Å². The number of hydrogen-bond donors (Lipinski definition) is 0. The molecule has 0 atom stereocenters. The SMILES string of the molecule is CCOC(=O)CCc1ccc(Br)cc1C(=O)OCC. The van der Waals surface area contributed by atoms with Crippen LogP contribution in [0.1, 0.15) is 36.2 Å². The van der Waals surface area contributed by atoms with E-state index in [2.05, 4.69) is 15.9 Å². The maximum Gasteiger partial charge on any atom is 0.338 e. The molecule has 0 aliphatic heterocycles. The van der Waals surface area contributed by atoms with Crippen LogP contribution in [0.2, 0.25) is 0 Å². The van der Waals surface area contributed by atoms with Crippen molar-refractivity contribution in [3.05, 3.63) is 33.8 Å². The molecule has 0 aliphatic carbocycles. The number of ether oxygens (including phenoxy) is 2. The van der Waals surface area contributed by atoms with Crippen LogP contribution in [0.15, 0.2) is 22.7 Å². The molecule has 0 fully saturated rings. The van der Waals surface area contributed by atoms with Crippen LogP contribution in [0.4, 0.5) is 0 Å². The number of esters is 2. The predicted octanol–water partition coefficient (Wildman–Crippen LogP) is 3.12. The highest BCUT2D eigenvalue weighted by Gasteiger charge is 2.14. The molecule has 0 bridgehead atoms. The van der Waals surface area contributed by atoms with Crippen molar-refractivity contribution in [1.29, 1.82) is 0 Å². The number of hydrogen-bond acceptors (Lipinski definition) is 4. The van der Waals surface area contributed by atoms with E-state index < -0.39 is 0 Å². The van der Waals surface area contributed by atoms with E-state index in [9.17, 15) is 9.59 Å². The molecule has 1 rings (SSSR count). The van der Waals surface area contributed by atoms with Gasteiger partial charge in [0.15, 0.2) is 0 Å². The third-order valence-corrected chi connectivity index (χ3v) is 2.96. The van der Waals surface area contributed by atoms with Gasteiger partial charge in [-0.3, -0.25) is 4.79 Å². The maximum atomic E-state index is 11.8. The van der Waals surface area contributed by atoms with Gasteiger partial charge in [-0.25, -0.2) is 4.79 Å². The summed E-state index contributed by atoms with van der Waals surface area (Å²) in [5.41, 5.74) is 1.27. The van der Waals surface area contributed by atoms with Gasteiger partial charge in [0.05, 0.1) is 18.8 Å². The van der Waals surface area contributed by atoms with E-state index in [4.69, 9.17) is 9.47 Å². The lowest BCUT2D eigenvalue weighted by atomic mass is 10.0. The van der Waals surface area contributed by atoms with Gasteiger partial charge < -0.3 is 9.47 Å². The molecule has 0 spiro atoms. The highest BCUT2D eigenvalue weighted by molar-refractivity contribution is 9.10. The quantitative estimate of drug-likeness (QED) is 0.753. The van der Waals surface area contributed by atoms with Crippen molar-refractivity contribution < 1.29 is 19.1 Å². The average molecular weight is 329 g/mol. The van der Waals surface area contributed by atoms with E-state index in [0.29, 0.717) is 25.2 Å². The second-order valence-electron chi connectivity index (χ2n) is 3.83. The smallest absolute Gasteiger partial charge is 0.338 e. The van der Waals surface area contributed by atoms with Crippen LogP contribution < -0.4 is 0 Å². The molecule has 0 unspecified atom stereocenters. The molecule has 5 heteroatoms. The summed E-state index contributed by atoms with van der Waals surface area (Å²) in [6, 6.07) is 5.36. The van der Waals surface area contributed by atoms with Crippen LogP contribution in [0, 0.1) is 0 Å². The third-order valence-electron chi connectivity index (χ3n) is 2.47. The molecule has 1 aromatic rings. The van der Waals surface area contributed by atoms with Crippen molar-refractivity contribution in [2.24, 2.45) is 0 Å². The molecule has 0 N–H and O–H groups in total. The second kappa shape index (κ2) is 7.94. The Labute approximate surface area is 121 Å². The first kappa shape index (κ1) is 15.7. The molecule has 19 heavy (non-hydrogen) atoms. The minimum absolute atomic E-state index is 0.252. The van der Waals surface area contributed by atoms with Crippen LogP contribution in [0.3, 0.4) is 0 Å². The zero-order valence-corrected chi connectivity index (χ0v) is 12.7. The summed E-state index contributed by atoms with van der Waals surface area (Å²) < 4.78 is 10.7. The maximum absolute atomic E-state index is 11.8. The Morgan fingerprint density at radius 1 is 1.16 bits per heavy atom. The third kappa shape index (κ3) is 5.03. The molecule has 1 aromatic carbocycles. The molecule has 0 heterocycles. The number of aryl methyl sites for hydroxylation is 1. The first-order valence-corrected chi connectivity index (χ1v) is 6.99. The molecule has 0 aliphatic rings. The van der Waals surface area contributed by atoms with E-state index in [1.54, 1.807) is 19.9 Å². The van der Waals surface area contributed by atoms with Crippen LogP contribution in [0.25, 0.3) is 0 Å². The predicted molar refractivity (Wildman–Crippen MR) is 75.1 cm³/mol. The molecular formula is C14H17BrO4. The van der Waals surface area contributed by atoms with Crippen molar-refractivity contribution >= 4 is 27.9 Å². The Kier molecular flexibility index (Phi) is 6.56. The summed E-state index contributed by atoms with van der Waals surface area (Å²) in [7, 11) is 0. The standard InChI is InChI=1S/C14H17BrO4/c1-3-18-13(16)8-6-10-5-7-11(15)9-12(10)14(17)19-4-2/h5,7,9H,3-4,6,8H2,1-2H3. The molecule has 0 radical (unpaired) electrons. The van der Waals surface area contributed by atoms with Crippen molar-refractivity contribution in [1.82, 2.24) is 0 Å². The van der Waals surface area contributed by atoms with Gasteiger partial charge in [-0.15, -0.1) is 0 Å². The van der Waals surface area contributed by atoms with Gasteiger partial charge in [-0.05, 0) is 38.0 Å². The molecule has 4 nitrogen and oxygen atoms in total. The normalized spacial score (nSPS) is 10.1. The molecular weight excluding hydrogens is 312 g/mol.